The van der Waals surface area contributed by atoms with Gasteiger partial charge in [-0.25, -0.2) is 4.39 Å². The molecule has 4 atom stereocenters. The van der Waals surface area contributed by atoms with Crippen LogP contribution < -0.4 is 15.0 Å². The second-order valence-electron chi connectivity index (χ2n) is 17.3. The van der Waals surface area contributed by atoms with E-state index in [0.29, 0.717) is 57.1 Å². The molecule has 4 aromatic rings. The van der Waals surface area contributed by atoms with E-state index in [2.05, 4.69) is 54.8 Å². The summed E-state index contributed by atoms with van der Waals surface area (Å²) in [5.41, 5.74) is 3.31. The minimum absolute atomic E-state index is 0.0241. The molecule has 10 heteroatoms. The van der Waals surface area contributed by atoms with Crippen molar-refractivity contribution in [1.29, 1.82) is 0 Å². The molecule has 1 saturated carbocycles. The van der Waals surface area contributed by atoms with Crippen molar-refractivity contribution >= 4 is 39.1 Å². The lowest BCUT2D eigenvalue weighted by molar-refractivity contribution is 0.112. The van der Waals surface area contributed by atoms with Crippen molar-refractivity contribution in [3.05, 3.63) is 52.3 Å². The van der Waals surface area contributed by atoms with Gasteiger partial charge in [0.1, 0.15) is 17.4 Å². The number of rotatable bonds is 8. The number of hydrogen-bond acceptors (Lipinski definition) is 8. The first-order valence-corrected chi connectivity index (χ1v) is 19.2. The van der Waals surface area contributed by atoms with Gasteiger partial charge in [-0.15, -0.1) is 6.42 Å². The standard InChI is InChI=1S/C42H47ClFN5O3/c1-6-29-33(44)10-7-25-13-28(50)14-31(34(25)29)35-30(24(2)3)15-32-37(36(35)43)46-39(47-38(32)49-16-26-8-9-27(17-49)45-26)52-23-42(11-12-42)20-48-18-40(4)21-51-22-41(40,5)19-48/h1,7,10,13-15,24,26-27,45,50H,8-9,11-12,16-23H2,2-5H3/t26?,27?,40-,41-/m0/s1. The summed E-state index contributed by atoms with van der Waals surface area (Å²) in [7, 11) is 0. The average Bonchev–Trinajstić information content (AvgIpc) is 3.60. The van der Waals surface area contributed by atoms with Crippen LogP contribution in [0, 0.1) is 34.4 Å². The molecule has 0 radical (unpaired) electrons. The van der Waals surface area contributed by atoms with E-state index in [1.165, 1.54) is 6.07 Å². The third-order valence-corrected chi connectivity index (χ3v) is 13.4. The zero-order chi connectivity index (χ0) is 36.2. The highest BCUT2D eigenvalue weighted by Gasteiger charge is 2.58. The van der Waals surface area contributed by atoms with E-state index in [1.54, 1.807) is 18.2 Å². The number of aromatic hydroxyl groups is 1. The predicted molar refractivity (Wildman–Crippen MR) is 204 cm³/mol. The van der Waals surface area contributed by atoms with Crippen molar-refractivity contribution in [3.8, 4) is 35.2 Å². The van der Waals surface area contributed by atoms with Crippen molar-refractivity contribution in [2.45, 2.75) is 71.4 Å². The monoisotopic (exact) mass is 723 g/mol. The number of aromatic nitrogens is 2. The first-order chi connectivity index (χ1) is 24.9. The summed E-state index contributed by atoms with van der Waals surface area (Å²) in [5.74, 6) is 2.95. The maximum absolute atomic E-state index is 15.2. The van der Waals surface area contributed by atoms with Crippen LogP contribution >= 0.6 is 11.6 Å². The average molecular weight is 724 g/mol. The van der Waals surface area contributed by atoms with Crippen molar-refractivity contribution in [1.82, 2.24) is 20.2 Å². The Balaban J connectivity index is 1.15. The van der Waals surface area contributed by atoms with Crippen LogP contribution in [-0.2, 0) is 4.74 Å². The molecule has 5 fully saturated rings. The van der Waals surface area contributed by atoms with Gasteiger partial charge in [0.2, 0.25) is 0 Å². The maximum Gasteiger partial charge on any atom is 0.319 e. The molecule has 8 nitrogen and oxygen atoms in total. The number of halogens is 2. The largest absolute Gasteiger partial charge is 0.508 e. The minimum atomic E-state index is -0.499. The Hall–Kier alpha value is -3.68. The third kappa shape index (κ3) is 5.52. The fraction of sp³-hybridized carbons (Fsp3) is 0.524. The van der Waals surface area contributed by atoms with Gasteiger partial charge in [-0.3, -0.25) is 0 Å². The fourth-order valence-electron chi connectivity index (χ4n) is 9.67. The molecular formula is C42H47ClFN5O3. The van der Waals surface area contributed by atoms with Gasteiger partial charge in [0.05, 0.1) is 35.9 Å². The van der Waals surface area contributed by atoms with Gasteiger partial charge in [-0.05, 0) is 72.4 Å². The Bertz CT molecular complexity index is 2140. The summed E-state index contributed by atoms with van der Waals surface area (Å²) >= 11 is 7.53. The smallest absolute Gasteiger partial charge is 0.319 e. The molecule has 2 N–H and O–H groups in total. The van der Waals surface area contributed by atoms with Crippen molar-refractivity contribution < 1.29 is 19.0 Å². The Morgan fingerprint density at radius 2 is 1.81 bits per heavy atom. The van der Waals surface area contributed by atoms with E-state index in [9.17, 15) is 5.11 Å². The van der Waals surface area contributed by atoms with Gasteiger partial charge in [-0.1, -0.05) is 51.3 Å². The number of piperazine rings is 1. The molecule has 52 heavy (non-hydrogen) atoms. The molecule has 1 aliphatic carbocycles. The van der Waals surface area contributed by atoms with Crippen LogP contribution in [0.2, 0.25) is 5.02 Å². The fourth-order valence-corrected chi connectivity index (χ4v) is 10.0. The molecule has 5 heterocycles. The molecule has 1 aromatic heterocycles. The van der Waals surface area contributed by atoms with Crippen molar-refractivity contribution in [2.24, 2.45) is 16.2 Å². The quantitative estimate of drug-likeness (QED) is 0.181. The SMILES string of the molecule is C#Cc1c(F)ccc2cc(O)cc(-c3c(C(C)C)cc4c(N5CC6CCC(C5)N6)nc(OCC5(CN6C[C@@]7(C)COC[C@]7(C)C6)CC5)nc4c3Cl)c12. The van der Waals surface area contributed by atoms with Gasteiger partial charge >= 0.3 is 6.01 Å². The highest BCUT2D eigenvalue weighted by Crippen LogP contribution is 2.54. The molecule has 4 saturated heterocycles. The second kappa shape index (κ2) is 12.2. The molecule has 3 aromatic carbocycles. The molecule has 2 bridgehead atoms. The number of phenols is 1. The van der Waals surface area contributed by atoms with Gasteiger partial charge in [0.25, 0.3) is 0 Å². The van der Waals surface area contributed by atoms with E-state index >= 15 is 4.39 Å². The Morgan fingerprint density at radius 3 is 2.46 bits per heavy atom. The summed E-state index contributed by atoms with van der Waals surface area (Å²) in [4.78, 5) is 15.2. The van der Waals surface area contributed by atoms with Gasteiger partial charge < -0.3 is 29.7 Å². The van der Waals surface area contributed by atoms with Crippen LogP contribution in [0.1, 0.15) is 70.4 Å². The lowest BCUT2D eigenvalue weighted by Crippen LogP contribution is -2.51. The number of ether oxygens (including phenoxy) is 2. The number of nitrogens with one attached hydrogen (secondary N) is 1. The van der Waals surface area contributed by atoms with E-state index in [1.807, 2.05) is 0 Å². The lowest BCUT2D eigenvalue weighted by atomic mass is 9.71. The molecule has 5 aliphatic rings. The summed E-state index contributed by atoms with van der Waals surface area (Å²) in [6.07, 6.45) is 10.4. The molecular weight excluding hydrogens is 677 g/mol. The lowest BCUT2D eigenvalue weighted by Gasteiger charge is -2.34. The summed E-state index contributed by atoms with van der Waals surface area (Å²) in [5, 5.41) is 17.1. The predicted octanol–water partition coefficient (Wildman–Crippen LogP) is 7.51. The van der Waals surface area contributed by atoms with E-state index in [4.69, 9.17) is 37.5 Å². The first kappa shape index (κ1) is 34.1. The van der Waals surface area contributed by atoms with Crippen LogP contribution in [-0.4, -0.2) is 84.6 Å². The van der Waals surface area contributed by atoms with E-state index < -0.39 is 5.82 Å². The van der Waals surface area contributed by atoms with Crippen LogP contribution in [0.5, 0.6) is 11.8 Å². The summed E-state index contributed by atoms with van der Waals surface area (Å²) in [6, 6.07) is 9.45. The second-order valence-corrected chi connectivity index (χ2v) is 17.7. The van der Waals surface area contributed by atoms with Crippen LogP contribution in [0.15, 0.2) is 30.3 Å². The van der Waals surface area contributed by atoms with Crippen LogP contribution in [0.3, 0.4) is 0 Å². The highest BCUT2D eigenvalue weighted by molar-refractivity contribution is 6.39. The van der Waals surface area contributed by atoms with Crippen molar-refractivity contribution in [2.75, 3.05) is 57.4 Å². The molecule has 0 spiro atoms. The summed E-state index contributed by atoms with van der Waals surface area (Å²) < 4.78 is 27.8. The zero-order valence-electron chi connectivity index (χ0n) is 30.5. The molecule has 2 unspecified atom stereocenters. The number of likely N-dealkylation sites (tertiary alicyclic amines) is 1. The van der Waals surface area contributed by atoms with E-state index in [0.717, 1.165) is 88.4 Å². The third-order valence-electron chi connectivity index (χ3n) is 13.0. The molecule has 9 rings (SSSR count). The van der Waals surface area contributed by atoms with E-state index in [-0.39, 0.29) is 33.5 Å². The Labute approximate surface area is 310 Å². The number of benzene rings is 3. The molecule has 4 aliphatic heterocycles. The minimum Gasteiger partial charge on any atom is -0.508 e. The number of fused-ring (bicyclic) bond motifs is 5. The Morgan fingerprint density at radius 1 is 1.10 bits per heavy atom. The van der Waals surface area contributed by atoms with Gasteiger partial charge in [0, 0.05) is 77.4 Å². The number of terminal acetylenes is 1. The normalized spacial score (nSPS) is 27.8. The highest BCUT2D eigenvalue weighted by atomic mass is 35.5. The van der Waals surface area contributed by atoms with Crippen LogP contribution in [0.25, 0.3) is 32.8 Å². The van der Waals surface area contributed by atoms with Crippen LogP contribution in [0.4, 0.5) is 10.2 Å². The van der Waals surface area contributed by atoms with Gasteiger partial charge in [-0.2, -0.15) is 9.97 Å². The molecule has 272 valence electrons. The van der Waals surface area contributed by atoms with Crippen molar-refractivity contribution in [3.63, 3.8) is 0 Å². The number of hydrogen-bond donors (Lipinski definition) is 2. The number of anilines is 1. The Kier molecular flexibility index (Phi) is 7.99. The maximum atomic E-state index is 15.2. The molecule has 0 amide bonds. The van der Waals surface area contributed by atoms with Gasteiger partial charge in [0.15, 0.2) is 0 Å². The zero-order valence-corrected chi connectivity index (χ0v) is 31.2. The number of phenolic OH excluding ortho intramolecular Hbond substituents is 1. The number of nitrogens with zero attached hydrogens (tertiary/aromatic N) is 4. The first-order valence-electron chi connectivity index (χ1n) is 18.8. The topological polar surface area (TPSA) is 83.0 Å². The summed E-state index contributed by atoms with van der Waals surface area (Å²) in [6.45, 7) is 15.9.